The summed E-state index contributed by atoms with van der Waals surface area (Å²) in [6.07, 6.45) is 1.28. The van der Waals surface area contributed by atoms with Crippen LogP contribution in [0.1, 0.15) is 59.4 Å². The lowest BCUT2D eigenvalue weighted by Gasteiger charge is -2.14. The summed E-state index contributed by atoms with van der Waals surface area (Å²) < 4.78 is 27.2. The maximum atomic E-state index is 13.8. The van der Waals surface area contributed by atoms with Crippen molar-refractivity contribution in [1.82, 2.24) is 14.8 Å². The van der Waals surface area contributed by atoms with Gasteiger partial charge in [0, 0.05) is 41.1 Å². The molecule has 2 aromatic heterocycles. The van der Waals surface area contributed by atoms with Gasteiger partial charge in [-0.1, -0.05) is 67.1 Å². The topological polar surface area (TPSA) is 89.4 Å². The predicted molar refractivity (Wildman–Crippen MR) is 184 cm³/mol. The largest absolute Gasteiger partial charge is 0.493 e. The zero-order valence-electron chi connectivity index (χ0n) is 26.6. The lowest BCUT2D eigenvalue weighted by molar-refractivity contribution is 0.0519. The maximum absolute atomic E-state index is 13.8. The van der Waals surface area contributed by atoms with Crippen molar-refractivity contribution in [1.29, 1.82) is 0 Å². The molecule has 6 rings (SSSR count). The Morgan fingerprint density at radius 1 is 1.02 bits per heavy atom. The average Bonchev–Trinajstić information content (AvgIpc) is 3.60. The summed E-state index contributed by atoms with van der Waals surface area (Å²) in [6, 6.07) is 23.7. The van der Waals surface area contributed by atoms with E-state index in [9.17, 15) is 14.3 Å². The van der Waals surface area contributed by atoms with Crippen molar-refractivity contribution in [3.05, 3.63) is 118 Å². The van der Waals surface area contributed by atoms with Gasteiger partial charge in [-0.15, -0.1) is 0 Å². The number of rotatable bonds is 12. The molecule has 1 atom stereocenters. The molecule has 0 spiro atoms. The number of halogens is 2. The first-order valence-corrected chi connectivity index (χ1v) is 16.3. The van der Waals surface area contributed by atoms with Crippen LogP contribution in [-0.4, -0.2) is 39.1 Å². The third kappa shape index (κ3) is 6.48. The Bertz CT molecular complexity index is 2050. The summed E-state index contributed by atoms with van der Waals surface area (Å²) in [6.45, 7) is 4.42. The number of aromatic amines is 1. The molecule has 6 aromatic rings. The Morgan fingerprint density at radius 3 is 2.57 bits per heavy atom. The van der Waals surface area contributed by atoms with Crippen LogP contribution in [0, 0.1) is 5.82 Å². The van der Waals surface area contributed by atoms with E-state index in [4.69, 9.17) is 26.2 Å². The third-order valence-corrected chi connectivity index (χ3v) is 8.82. The van der Waals surface area contributed by atoms with Crippen molar-refractivity contribution in [2.24, 2.45) is 7.05 Å². The van der Waals surface area contributed by atoms with Crippen LogP contribution < -0.4 is 4.74 Å². The molecule has 0 unspecified atom stereocenters. The summed E-state index contributed by atoms with van der Waals surface area (Å²) in [4.78, 5) is 16.7. The molecular weight excluding hydrogens is 617 g/mol. The first-order chi connectivity index (χ1) is 22.8. The smallest absolute Gasteiger partial charge is 0.355 e. The Morgan fingerprint density at radius 2 is 1.81 bits per heavy atom. The van der Waals surface area contributed by atoms with Crippen molar-refractivity contribution < 1.29 is 23.8 Å². The Hall–Kier alpha value is -4.66. The van der Waals surface area contributed by atoms with Crippen LogP contribution in [0.4, 0.5) is 4.39 Å². The Balaban J connectivity index is 1.38. The van der Waals surface area contributed by atoms with E-state index < -0.39 is 12.1 Å². The van der Waals surface area contributed by atoms with Crippen LogP contribution in [0.15, 0.2) is 78.9 Å². The van der Waals surface area contributed by atoms with Crippen LogP contribution in [0.5, 0.6) is 5.75 Å². The van der Waals surface area contributed by atoms with Gasteiger partial charge in [-0.2, -0.15) is 5.10 Å². The van der Waals surface area contributed by atoms with Crippen LogP contribution in [0.25, 0.3) is 32.8 Å². The molecular formula is C38H37ClFN3O4. The molecule has 0 aliphatic carbocycles. The summed E-state index contributed by atoms with van der Waals surface area (Å²) >= 11 is 6.97. The zero-order valence-corrected chi connectivity index (χ0v) is 27.4. The number of nitrogens with one attached hydrogen (secondary N) is 1. The molecule has 0 aliphatic rings. The summed E-state index contributed by atoms with van der Waals surface area (Å²) in [5.41, 5.74) is 5.72. The number of aryl methyl sites for hydroxylation is 2. The van der Waals surface area contributed by atoms with Crippen LogP contribution in [0.2, 0.25) is 5.02 Å². The number of hydrogen-bond acceptors (Lipinski definition) is 5. The van der Waals surface area contributed by atoms with E-state index in [0.29, 0.717) is 65.5 Å². The van der Waals surface area contributed by atoms with E-state index in [2.05, 4.69) is 4.98 Å². The molecule has 242 valence electrons. The molecule has 0 aliphatic heterocycles. The molecule has 0 saturated heterocycles. The highest BCUT2D eigenvalue weighted by molar-refractivity contribution is 6.35. The second-order valence-corrected chi connectivity index (χ2v) is 11.9. The highest BCUT2D eigenvalue weighted by Gasteiger charge is 2.28. The number of carbonyl (C=O) groups is 1. The van der Waals surface area contributed by atoms with Crippen LogP contribution >= 0.6 is 11.6 Å². The standard InChI is InChI=1S/C38H37ClFN3O4/c1-4-30-34(37(42-43(30)3)31(44)21-23-11-7-6-8-12-23)33-29(39)19-18-28-27(36(41-35(28)33)38(45)46-5-2)14-10-20-47-32-15-9-13-24-22-25(40)16-17-26(24)32/h6-9,11-13,15-19,22,31,41,44H,4-5,10,14,20-21H2,1-3H3/t31-/m1/s1. The first kappa shape index (κ1) is 32.3. The van der Waals surface area contributed by atoms with E-state index in [1.807, 2.05) is 74.6 Å². The van der Waals surface area contributed by atoms with E-state index in [0.717, 1.165) is 38.5 Å². The first-order valence-electron chi connectivity index (χ1n) is 15.9. The second-order valence-electron chi connectivity index (χ2n) is 11.5. The number of esters is 1. The summed E-state index contributed by atoms with van der Waals surface area (Å²) in [5, 5.41) is 19.2. The SMILES string of the molecule is CCOC(=O)c1[nH]c2c(-c3c([C@H](O)Cc4ccccc4)nn(C)c3CC)c(Cl)ccc2c1CCCOc1cccc2cc(F)ccc12. The number of nitrogens with zero attached hydrogens (tertiary/aromatic N) is 2. The molecule has 0 saturated carbocycles. The minimum Gasteiger partial charge on any atom is -0.493 e. The van der Waals surface area contributed by atoms with Gasteiger partial charge in [-0.3, -0.25) is 4.68 Å². The maximum Gasteiger partial charge on any atom is 0.355 e. The Kier molecular flexibility index (Phi) is 9.61. The van der Waals surface area contributed by atoms with Crippen molar-refractivity contribution in [2.75, 3.05) is 13.2 Å². The van der Waals surface area contributed by atoms with Gasteiger partial charge in [0.1, 0.15) is 23.4 Å². The minimum absolute atomic E-state index is 0.227. The van der Waals surface area contributed by atoms with Gasteiger partial charge in [0.05, 0.1) is 29.4 Å². The third-order valence-electron chi connectivity index (χ3n) is 8.51. The fraction of sp³-hybridized carbons (Fsp3) is 0.263. The van der Waals surface area contributed by atoms with Crippen LogP contribution in [0.3, 0.4) is 0 Å². The van der Waals surface area contributed by atoms with Crippen LogP contribution in [-0.2, 0) is 31.0 Å². The molecule has 0 fully saturated rings. The molecule has 47 heavy (non-hydrogen) atoms. The van der Waals surface area contributed by atoms with E-state index in [-0.39, 0.29) is 12.4 Å². The molecule has 0 radical (unpaired) electrons. The molecule has 2 N–H and O–H groups in total. The number of aliphatic hydroxyl groups excluding tert-OH is 1. The molecule has 0 bridgehead atoms. The van der Waals surface area contributed by atoms with Gasteiger partial charge in [-0.05, 0) is 73.0 Å². The van der Waals surface area contributed by atoms with Gasteiger partial charge in [0.25, 0.3) is 0 Å². The van der Waals surface area contributed by atoms with E-state index in [1.165, 1.54) is 12.1 Å². The second kappa shape index (κ2) is 14.0. The molecule has 0 amide bonds. The summed E-state index contributed by atoms with van der Waals surface area (Å²) in [7, 11) is 1.87. The fourth-order valence-electron chi connectivity index (χ4n) is 6.38. The number of fused-ring (bicyclic) bond motifs is 2. The molecule has 7 nitrogen and oxygen atoms in total. The lowest BCUT2D eigenvalue weighted by atomic mass is 9.94. The number of aromatic nitrogens is 3. The number of hydrogen-bond donors (Lipinski definition) is 2. The number of aliphatic hydroxyl groups is 1. The van der Waals surface area contributed by atoms with E-state index in [1.54, 1.807) is 17.7 Å². The number of ether oxygens (including phenoxy) is 2. The number of carbonyl (C=O) groups excluding carboxylic acids is 1. The molecule has 9 heteroatoms. The zero-order chi connectivity index (χ0) is 33.1. The highest BCUT2D eigenvalue weighted by Crippen LogP contribution is 2.43. The van der Waals surface area contributed by atoms with Crippen molar-refractivity contribution in [2.45, 2.75) is 45.6 Å². The Labute approximate surface area is 277 Å². The van der Waals surface area contributed by atoms with Gasteiger partial charge in [-0.25, -0.2) is 9.18 Å². The number of H-pyrrole nitrogens is 1. The lowest BCUT2D eigenvalue weighted by Crippen LogP contribution is -2.09. The quantitative estimate of drug-likeness (QED) is 0.102. The predicted octanol–water partition coefficient (Wildman–Crippen LogP) is 8.54. The van der Waals surface area contributed by atoms with Gasteiger partial charge in [0.15, 0.2) is 0 Å². The molecule has 2 heterocycles. The summed E-state index contributed by atoms with van der Waals surface area (Å²) in [5.74, 6) is -0.0782. The van der Waals surface area contributed by atoms with Gasteiger partial charge >= 0.3 is 5.97 Å². The normalized spacial score (nSPS) is 12.1. The number of benzene rings is 4. The van der Waals surface area contributed by atoms with Crippen molar-refractivity contribution in [3.63, 3.8) is 0 Å². The van der Waals surface area contributed by atoms with Crippen molar-refractivity contribution >= 4 is 39.2 Å². The van der Waals surface area contributed by atoms with Crippen molar-refractivity contribution in [3.8, 4) is 16.9 Å². The fourth-order valence-corrected chi connectivity index (χ4v) is 6.64. The highest BCUT2D eigenvalue weighted by atomic mass is 35.5. The molecule has 4 aromatic carbocycles. The average molecular weight is 654 g/mol. The minimum atomic E-state index is -0.883. The van der Waals surface area contributed by atoms with Gasteiger partial charge in [0.2, 0.25) is 0 Å². The van der Waals surface area contributed by atoms with E-state index >= 15 is 0 Å². The monoisotopic (exact) mass is 653 g/mol. The van der Waals surface area contributed by atoms with Gasteiger partial charge < -0.3 is 19.6 Å².